The highest BCUT2D eigenvalue weighted by Gasteiger charge is 2.09. The number of nitrogens with one attached hydrogen (secondary N) is 2. The van der Waals surface area contributed by atoms with E-state index in [9.17, 15) is 9.59 Å². The van der Waals surface area contributed by atoms with Gasteiger partial charge in [-0.2, -0.15) is 0 Å². The van der Waals surface area contributed by atoms with Crippen LogP contribution in [0.1, 0.15) is 20.3 Å². The molecule has 0 fully saturated rings. The Bertz CT molecular complexity index is 204. The summed E-state index contributed by atoms with van der Waals surface area (Å²) >= 11 is 0. The maximum absolute atomic E-state index is 11.1. The van der Waals surface area contributed by atoms with Gasteiger partial charge in [-0.05, 0) is 13.3 Å². The molecule has 1 unspecified atom stereocenters. The first kappa shape index (κ1) is 13.7. The van der Waals surface area contributed by atoms with Crippen LogP contribution in [0.2, 0.25) is 0 Å². The van der Waals surface area contributed by atoms with Crippen LogP contribution in [0.4, 0.5) is 4.79 Å². The third-order valence-electron chi connectivity index (χ3n) is 1.75. The zero-order valence-corrected chi connectivity index (χ0v) is 9.08. The summed E-state index contributed by atoms with van der Waals surface area (Å²) in [4.78, 5) is 22.0. The molecule has 0 aliphatic rings. The van der Waals surface area contributed by atoms with Crippen LogP contribution < -0.4 is 10.6 Å². The van der Waals surface area contributed by atoms with Crippen molar-refractivity contribution in [2.24, 2.45) is 0 Å². The van der Waals surface area contributed by atoms with Crippen LogP contribution >= 0.6 is 0 Å². The number of urea groups is 1. The maximum Gasteiger partial charge on any atom is 0.325 e. The van der Waals surface area contributed by atoms with Gasteiger partial charge in [0.15, 0.2) is 0 Å². The van der Waals surface area contributed by atoms with Gasteiger partial charge in [0.1, 0.15) is 6.54 Å². The molecule has 15 heavy (non-hydrogen) atoms. The summed E-state index contributed by atoms with van der Waals surface area (Å²) in [6.45, 7) is 3.53. The number of carbonyl (C=O) groups is 2. The van der Waals surface area contributed by atoms with E-state index in [0.29, 0.717) is 6.42 Å². The summed E-state index contributed by atoms with van der Waals surface area (Å²) in [6, 6.07) is -0.767. The van der Waals surface area contributed by atoms with Gasteiger partial charge in [0, 0.05) is 0 Å². The highest BCUT2D eigenvalue weighted by molar-refractivity contribution is 5.80. The smallest absolute Gasteiger partial charge is 0.325 e. The predicted molar refractivity (Wildman–Crippen MR) is 54.3 cm³/mol. The van der Waals surface area contributed by atoms with E-state index < -0.39 is 12.0 Å². The lowest BCUT2D eigenvalue weighted by molar-refractivity contribution is -0.141. The normalized spacial score (nSPS) is 11.7. The number of aliphatic hydroxyl groups is 1. The van der Waals surface area contributed by atoms with Gasteiger partial charge in [-0.25, -0.2) is 4.79 Å². The largest absolute Gasteiger partial charge is 0.465 e. The molecular weight excluding hydrogens is 200 g/mol. The number of ether oxygens (including phenoxy) is 1. The quantitative estimate of drug-likeness (QED) is 0.530. The van der Waals surface area contributed by atoms with Crippen molar-refractivity contribution in [1.29, 1.82) is 0 Å². The highest BCUT2D eigenvalue weighted by Crippen LogP contribution is 1.87. The average Bonchev–Trinajstić information content (AvgIpc) is 2.23. The van der Waals surface area contributed by atoms with Gasteiger partial charge in [0.2, 0.25) is 0 Å². The highest BCUT2D eigenvalue weighted by atomic mass is 16.5. The Kier molecular flexibility index (Phi) is 7.35. The molecule has 0 saturated carbocycles. The maximum atomic E-state index is 11.1. The van der Waals surface area contributed by atoms with Crippen molar-refractivity contribution in [2.45, 2.75) is 26.3 Å². The molecule has 0 rings (SSSR count). The Morgan fingerprint density at radius 2 is 2.07 bits per heavy atom. The van der Waals surface area contributed by atoms with Crippen molar-refractivity contribution < 1.29 is 19.4 Å². The fourth-order valence-electron chi connectivity index (χ4n) is 0.878. The van der Waals surface area contributed by atoms with Gasteiger partial charge in [0.05, 0.1) is 19.3 Å². The minimum absolute atomic E-state index is 0.122. The van der Waals surface area contributed by atoms with Crippen molar-refractivity contribution in [3.63, 3.8) is 0 Å². The predicted octanol–water partition coefficient (Wildman–Crippen LogP) is -0.380. The van der Waals surface area contributed by atoms with Crippen LogP contribution in [-0.4, -0.2) is 42.9 Å². The van der Waals surface area contributed by atoms with E-state index in [0.717, 1.165) is 0 Å². The molecule has 0 aliphatic carbocycles. The van der Waals surface area contributed by atoms with Crippen LogP contribution in [-0.2, 0) is 9.53 Å². The number of rotatable bonds is 6. The van der Waals surface area contributed by atoms with Crippen molar-refractivity contribution in [2.75, 3.05) is 19.8 Å². The van der Waals surface area contributed by atoms with Gasteiger partial charge >= 0.3 is 12.0 Å². The van der Waals surface area contributed by atoms with E-state index in [1.165, 1.54) is 0 Å². The van der Waals surface area contributed by atoms with Gasteiger partial charge in [-0.15, -0.1) is 0 Å². The van der Waals surface area contributed by atoms with Gasteiger partial charge in [0.25, 0.3) is 0 Å². The van der Waals surface area contributed by atoms with Crippen LogP contribution in [0.25, 0.3) is 0 Å². The van der Waals surface area contributed by atoms with Gasteiger partial charge < -0.3 is 20.5 Å². The number of amides is 2. The van der Waals surface area contributed by atoms with E-state index in [1.807, 2.05) is 6.92 Å². The lowest BCUT2D eigenvalue weighted by Crippen LogP contribution is -2.45. The average molecular weight is 218 g/mol. The van der Waals surface area contributed by atoms with E-state index in [4.69, 9.17) is 5.11 Å². The lowest BCUT2D eigenvalue weighted by atomic mass is 10.2. The molecule has 0 aliphatic heterocycles. The molecule has 0 bridgehead atoms. The standard InChI is InChI=1S/C9H18N2O4/c1-3-7(6-12)11-9(14)10-5-8(13)15-4-2/h7,12H,3-6H2,1-2H3,(H2,10,11,14). The Morgan fingerprint density at radius 3 is 2.53 bits per heavy atom. The Balaban J connectivity index is 3.69. The molecule has 1 atom stereocenters. The molecule has 3 N–H and O–H groups in total. The van der Waals surface area contributed by atoms with Crippen LogP contribution in [0, 0.1) is 0 Å². The molecule has 6 nitrogen and oxygen atoms in total. The minimum Gasteiger partial charge on any atom is -0.465 e. The topological polar surface area (TPSA) is 87.7 Å². The number of hydrogen-bond acceptors (Lipinski definition) is 4. The second-order valence-electron chi connectivity index (χ2n) is 2.92. The molecule has 0 spiro atoms. The Labute approximate surface area is 89.0 Å². The monoisotopic (exact) mass is 218 g/mol. The summed E-state index contributed by atoms with van der Waals surface area (Å²) in [5.41, 5.74) is 0. The number of esters is 1. The second kappa shape index (κ2) is 8.05. The van der Waals surface area contributed by atoms with Crippen molar-refractivity contribution in [3.8, 4) is 0 Å². The van der Waals surface area contributed by atoms with Crippen LogP contribution in [0.5, 0.6) is 0 Å². The molecule has 0 radical (unpaired) electrons. The summed E-state index contributed by atoms with van der Waals surface area (Å²) in [5.74, 6) is -0.482. The van der Waals surface area contributed by atoms with E-state index in [-0.39, 0.29) is 25.8 Å². The van der Waals surface area contributed by atoms with Crippen LogP contribution in [0.3, 0.4) is 0 Å². The lowest BCUT2D eigenvalue weighted by Gasteiger charge is -2.14. The third kappa shape index (κ3) is 6.73. The van der Waals surface area contributed by atoms with Gasteiger partial charge in [-0.3, -0.25) is 4.79 Å². The van der Waals surface area contributed by atoms with E-state index in [2.05, 4.69) is 15.4 Å². The molecule has 88 valence electrons. The molecular formula is C9H18N2O4. The van der Waals surface area contributed by atoms with Crippen molar-refractivity contribution in [1.82, 2.24) is 10.6 Å². The molecule has 0 aromatic heterocycles. The van der Waals surface area contributed by atoms with Gasteiger partial charge in [-0.1, -0.05) is 6.92 Å². The fourth-order valence-corrected chi connectivity index (χ4v) is 0.878. The SMILES string of the molecule is CCOC(=O)CNC(=O)NC(CC)CO. The first-order valence-electron chi connectivity index (χ1n) is 4.94. The summed E-state index contributed by atoms with van der Waals surface area (Å²) < 4.78 is 4.62. The zero-order chi connectivity index (χ0) is 11.7. The number of carbonyl (C=O) groups excluding carboxylic acids is 2. The number of hydrogen-bond donors (Lipinski definition) is 3. The molecule has 0 aromatic carbocycles. The Morgan fingerprint density at radius 1 is 1.40 bits per heavy atom. The molecule has 0 saturated heterocycles. The minimum atomic E-state index is -0.482. The zero-order valence-electron chi connectivity index (χ0n) is 9.08. The second-order valence-corrected chi connectivity index (χ2v) is 2.92. The van der Waals surface area contributed by atoms with Crippen LogP contribution in [0.15, 0.2) is 0 Å². The summed E-state index contributed by atoms with van der Waals surface area (Å²) in [7, 11) is 0. The molecule has 2 amide bonds. The van der Waals surface area contributed by atoms with E-state index >= 15 is 0 Å². The summed E-state index contributed by atoms with van der Waals surface area (Å²) in [5, 5.41) is 13.6. The molecule has 0 heterocycles. The first-order chi connectivity index (χ1) is 7.13. The molecule has 6 heteroatoms. The van der Waals surface area contributed by atoms with Crippen molar-refractivity contribution >= 4 is 12.0 Å². The summed E-state index contributed by atoms with van der Waals surface area (Å²) in [6.07, 6.45) is 0.628. The third-order valence-corrected chi connectivity index (χ3v) is 1.75. The van der Waals surface area contributed by atoms with Crippen molar-refractivity contribution in [3.05, 3.63) is 0 Å². The fraction of sp³-hybridized carbons (Fsp3) is 0.778. The number of aliphatic hydroxyl groups excluding tert-OH is 1. The molecule has 0 aromatic rings. The van der Waals surface area contributed by atoms with E-state index in [1.54, 1.807) is 6.92 Å². The first-order valence-corrected chi connectivity index (χ1v) is 4.94. The Hall–Kier alpha value is -1.30.